The van der Waals surface area contributed by atoms with E-state index in [9.17, 15) is 9.59 Å². The monoisotopic (exact) mass is 480 g/mol. The maximum Gasteiger partial charge on any atom is 0.409 e. The number of ether oxygens (including phenoxy) is 2. The van der Waals surface area contributed by atoms with Gasteiger partial charge in [0.1, 0.15) is 5.75 Å². The number of H-pyrrole nitrogens is 2. The summed E-state index contributed by atoms with van der Waals surface area (Å²) in [5.41, 5.74) is 1.70. The summed E-state index contributed by atoms with van der Waals surface area (Å²) in [7, 11) is 0. The molecule has 12 heteroatoms. The Morgan fingerprint density at radius 3 is 2.86 bits per heavy atom. The fourth-order valence-electron chi connectivity index (χ4n) is 4.47. The Kier molecular flexibility index (Phi) is 6.34. The first-order chi connectivity index (χ1) is 17.0. The van der Waals surface area contributed by atoms with Crippen molar-refractivity contribution in [3.05, 3.63) is 40.6 Å². The summed E-state index contributed by atoms with van der Waals surface area (Å²) >= 11 is 0. The van der Waals surface area contributed by atoms with Gasteiger partial charge in [0.2, 0.25) is 0 Å². The molecule has 1 amide bonds. The maximum atomic E-state index is 11.9. The van der Waals surface area contributed by atoms with Crippen LogP contribution in [0.2, 0.25) is 0 Å². The minimum absolute atomic E-state index is 0.0629. The number of tetrazole rings is 1. The highest BCUT2D eigenvalue weighted by atomic mass is 16.6. The fraction of sp³-hybridized carbons (Fsp3) is 0.478. The molecule has 1 atom stereocenters. The molecule has 1 unspecified atom stereocenters. The van der Waals surface area contributed by atoms with E-state index >= 15 is 0 Å². The highest BCUT2D eigenvalue weighted by molar-refractivity contribution is 5.89. The second-order valence-electron chi connectivity index (χ2n) is 8.74. The molecule has 1 aliphatic rings. The van der Waals surface area contributed by atoms with Crippen LogP contribution in [0.1, 0.15) is 45.0 Å². The second kappa shape index (κ2) is 9.72. The third-order valence-corrected chi connectivity index (χ3v) is 6.28. The van der Waals surface area contributed by atoms with Crippen LogP contribution in [0, 0.1) is 0 Å². The number of nitrogens with one attached hydrogen (secondary N) is 2. The third-order valence-electron chi connectivity index (χ3n) is 6.28. The number of aromatic amines is 2. The molecule has 0 spiro atoms. The van der Waals surface area contributed by atoms with Gasteiger partial charge in [-0.3, -0.25) is 4.98 Å². The van der Waals surface area contributed by atoms with Gasteiger partial charge >= 0.3 is 11.8 Å². The molecule has 1 saturated heterocycles. The lowest BCUT2D eigenvalue weighted by Gasteiger charge is -2.31. The number of nitrogens with zero attached hydrogens (tertiary/aromatic N) is 6. The van der Waals surface area contributed by atoms with Crippen molar-refractivity contribution >= 4 is 28.2 Å². The van der Waals surface area contributed by atoms with Crippen molar-refractivity contribution in [1.82, 2.24) is 40.1 Å². The van der Waals surface area contributed by atoms with Gasteiger partial charge in [0.25, 0.3) is 0 Å². The van der Waals surface area contributed by atoms with Crippen LogP contribution in [0.25, 0.3) is 22.1 Å². The first-order valence-electron chi connectivity index (χ1n) is 11.9. The molecule has 184 valence electrons. The van der Waals surface area contributed by atoms with Crippen LogP contribution in [0.15, 0.2) is 29.1 Å². The number of aromatic nitrogens is 7. The number of fused-ring (bicyclic) bond motifs is 2. The summed E-state index contributed by atoms with van der Waals surface area (Å²) < 4.78 is 13.1. The number of imidazole rings is 1. The van der Waals surface area contributed by atoms with Crippen LogP contribution in [0.5, 0.6) is 5.75 Å². The zero-order valence-electron chi connectivity index (χ0n) is 19.7. The Balaban J connectivity index is 1.18. The molecular weight excluding hydrogens is 452 g/mol. The van der Waals surface area contributed by atoms with E-state index in [4.69, 9.17) is 9.47 Å². The maximum absolute atomic E-state index is 11.9. The Bertz CT molecular complexity index is 1390. The topological polar surface area (TPSA) is 144 Å². The smallest absolute Gasteiger partial charge is 0.409 e. The summed E-state index contributed by atoms with van der Waals surface area (Å²) in [5, 5.41) is 13.2. The van der Waals surface area contributed by atoms with Crippen molar-refractivity contribution in [1.29, 1.82) is 0 Å². The van der Waals surface area contributed by atoms with Crippen molar-refractivity contribution in [3.8, 4) is 5.75 Å². The van der Waals surface area contributed by atoms with E-state index in [1.54, 1.807) is 4.90 Å². The van der Waals surface area contributed by atoms with Crippen LogP contribution >= 0.6 is 0 Å². The number of likely N-dealkylation sites (tertiary alicyclic amines) is 1. The molecule has 1 aliphatic heterocycles. The average Bonchev–Trinajstić information content (AvgIpc) is 3.46. The first-order valence-corrected chi connectivity index (χ1v) is 11.9. The van der Waals surface area contributed by atoms with Gasteiger partial charge in [-0.1, -0.05) is 0 Å². The van der Waals surface area contributed by atoms with Crippen LogP contribution in [0.3, 0.4) is 0 Å². The van der Waals surface area contributed by atoms with Gasteiger partial charge in [-0.05, 0) is 67.8 Å². The van der Waals surface area contributed by atoms with Crippen molar-refractivity contribution < 1.29 is 14.3 Å². The molecule has 2 N–H and O–H groups in total. The summed E-state index contributed by atoms with van der Waals surface area (Å²) in [6.07, 6.45) is 2.66. The standard InChI is InChI=1S/C23H28N8O4/c1-3-34-23(33)30-10-8-16(9-11-30)31-20(27-28-29-31)7-4-14(2)35-17-5-6-18-15(12-17)13-19-21(24-18)26-22(32)25-19/h5-6,12-14,16H,3-4,7-11H2,1-2H3,(H2,24,25,26,32). The minimum atomic E-state index is -0.278. The lowest BCUT2D eigenvalue weighted by molar-refractivity contribution is 0.0910. The molecule has 35 heavy (non-hydrogen) atoms. The molecule has 4 heterocycles. The molecule has 12 nitrogen and oxygen atoms in total. The van der Waals surface area contributed by atoms with E-state index in [0.29, 0.717) is 37.3 Å². The van der Waals surface area contributed by atoms with Crippen molar-refractivity contribution in [2.75, 3.05) is 19.7 Å². The normalized spacial score (nSPS) is 15.5. The number of carbonyl (C=O) groups excluding carboxylic acids is 1. The fourth-order valence-corrected chi connectivity index (χ4v) is 4.47. The van der Waals surface area contributed by atoms with Crippen LogP contribution in [-0.2, 0) is 11.2 Å². The van der Waals surface area contributed by atoms with E-state index in [0.717, 1.165) is 41.7 Å². The molecule has 0 aliphatic carbocycles. The number of rotatable bonds is 7. The highest BCUT2D eigenvalue weighted by Crippen LogP contribution is 2.25. The lowest BCUT2D eigenvalue weighted by Crippen LogP contribution is -2.39. The zero-order valence-corrected chi connectivity index (χ0v) is 19.7. The minimum Gasteiger partial charge on any atom is -0.491 e. The Morgan fingerprint density at radius 1 is 1.23 bits per heavy atom. The lowest BCUT2D eigenvalue weighted by atomic mass is 10.1. The van der Waals surface area contributed by atoms with Crippen LogP contribution < -0.4 is 10.4 Å². The molecule has 0 bridgehead atoms. The Hall–Kier alpha value is -3.96. The first kappa shape index (κ1) is 22.8. The van der Waals surface area contributed by atoms with Gasteiger partial charge in [0.05, 0.1) is 29.8 Å². The Morgan fingerprint density at radius 2 is 2.06 bits per heavy atom. The number of hydrogen-bond donors (Lipinski definition) is 2. The summed E-state index contributed by atoms with van der Waals surface area (Å²) in [6, 6.07) is 7.72. The van der Waals surface area contributed by atoms with Crippen LogP contribution in [0.4, 0.5) is 4.79 Å². The van der Waals surface area contributed by atoms with E-state index in [1.807, 2.05) is 42.8 Å². The molecule has 0 radical (unpaired) electrons. The van der Waals surface area contributed by atoms with Crippen molar-refractivity contribution in [2.24, 2.45) is 0 Å². The average molecular weight is 481 g/mol. The molecular formula is C23H28N8O4. The number of piperidine rings is 1. The van der Waals surface area contributed by atoms with Gasteiger partial charge in [-0.15, -0.1) is 5.10 Å². The third kappa shape index (κ3) is 4.96. The zero-order chi connectivity index (χ0) is 24.4. The summed E-state index contributed by atoms with van der Waals surface area (Å²) in [4.78, 5) is 35.1. The largest absolute Gasteiger partial charge is 0.491 e. The van der Waals surface area contributed by atoms with E-state index < -0.39 is 0 Å². The number of pyridine rings is 1. The van der Waals surface area contributed by atoms with Gasteiger partial charge in [-0.2, -0.15) is 0 Å². The molecule has 5 rings (SSSR count). The quantitative estimate of drug-likeness (QED) is 0.411. The van der Waals surface area contributed by atoms with Gasteiger partial charge in [0, 0.05) is 24.9 Å². The van der Waals surface area contributed by atoms with Crippen molar-refractivity contribution in [3.63, 3.8) is 0 Å². The van der Waals surface area contributed by atoms with E-state index in [-0.39, 0.29) is 23.9 Å². The SMILES string of the molecule is CCOC(=O)N1CCC(n2nnnc2CCC(C)Oc2ccc3nc4[nH]c(=O)[nH]c4cc3c2)CC1. The predicted molar refractivity (Wildman–Crippen MR) is 127 cm³/mol. The van der Waals surface area contributed by atoms with E-state index in [2.05, 4.69) is 30.5 Å². The van der Waals surface area contributed by atoms with Crippen LogP contribution in [-0.4, -0.2) is 72.0 Å². The van der Waals surface area contributed by atoms with Crippen molar-refractivity contribution in [2.45, 2.75) is 51.7 Å². The predicted octanol–water partition coefficient (Wildman–Crippen LogP) is 2.58. The number of amides is 1. The number of carbonyl (C=O) groups is 1. The molecule has 1 fully saturated rings. The van der Waals surface area contributed by atoms with E-state index in [1.165, 1.54) is 0 Å². The number of aryl methyl sites for hydroxylation is 1. The Labute approximate surface area is 200 Å². The van der Waals surface area contributed by atoms with Gasteiger partial charge in [-0.25, -0.2) is 19.3 Å². The molecule has 0 saturated carbocycles. The summed E-state index contributed by atoms with van der Waals surface area (Å²) in [6.45, 7) is 5.46. The van der Waals surface area contributed by atoms with Gasteiger partial charge in [0.15, 0.2) is 11.5 Å². The second-order valence-corrected chi connectivity index (χ2v) is 8.74. The van der Waals surface area contributed by atoms with Gasteiger partial charge < -0.3 is 19.4 Å². The number of hydrogen-bond acceptors (Lipinski definition) is 8. The molecule has 3 aromatic heterocycles. The highest BCUT2D eigenvalue weighted by Gasteiger charge is 2.27. The summed E-state index contributed by atoms with van der Waals surface area (Å²) in [5.74, 6) is 1.55. The molecule has 4 aromatic rings. The number of benzene rings is 1. The molecule has 1 aromatic carbocycles.